The number of fused-ring (bicyclic) bond motifs is 2. The third-order valence-corrected chi connectivity index (χ3v) is 8.72. The van der Waals surface area contributed by atoms with Crippen LogP contribution in [-0.2, 0) is 16.0 Å². The van der Waals surface area contributed by atoms with E-state index in [1.54, 1.807) is 12.2 Å². The number of carbonyl (C=O) groups excluding carboxylic acids is 2. The summed E-state index contributed by atoms with van der Waals surface area (Å²) < 4.78 is 19.0. The summed E-state index contributed by atoms with van der Waals surface area (Å²) in [5, 5.41) is 10.1. The van der Waals surface area contributed by atoms with Gasteiger partial charge < -0.3 is 19.3 Å². The summed E-state index contributed by atoms with van der Waals surface area (Å²) in [5.74, 6) is 0.611. The Morgan fingerprint density at radius 3 is 2.55 bits per heavy atom. The second-order valence-corrected chi connectivity index (χ2v) is 11.8. The monoisotopic (exact) mass is 587 g/mol. The van der Waals surface area contributed by atoms with Crippen LogP contribution >= 0.6 is 11.8 Å². The number of aliphatic carboxylic acids is 1. The Morgan fingerprint density at radius 1 is 1.10 bits per heavy atom. The van der Waals surface area contributed by atoms with E-state index in [0.29, 0.717) is 19.0 Å². The molecule has 42 heavy (non-hydrogen) atoms. The second kappa shape index (κ2) is 11.6. The third-order valence-electron chi connectivity index (χ3n) is 7.81. The average molecular weight is 588 g/mol. The van der Waals surface area contributed by atoms with Crippen LogP contribution in [0, 0.1) is 20.8 Å². The van der Waals surface area contributed by atoms with Crippen molar-refractivity contribution in [2.24, 2.45) is 0 Å². The highest BCUT2D eigenvalue weighted by Crippen LogP contribution is 2.44. The largest absolute Gasteiger partial charge is 0.489 e. The van der Waals surface area contributed by atoms with Crippen LogP contribution in [0.2, 0.25) is 0 Å². The Hall–Kier alpha value is -4.24. The van der Waals surface area contributed by atoms with Crippen molar-refractivity contribution < 1.29 is 33.7 Å². The van der Waals surface area contributed by atoms with Crippen molar-refractivity contribution in [3.05, 3.63) is 81.8 Å². The highest BCUT2D eigenvalue weighted by molar-refractivity contribution is 8.18. The molecule has 3 aromatic rings. The molecule has 2 heterocycles. The van der Waals surface area contributed by atoms with Crippen LogP contribution in [0.3, 0.4) is 0 Å². The Bertz CT molecular complexity index is 1660. The lowest BCUT2D eigenvalue weighted by molar-refractivity contribution is -0.140. The number of carbonyl (C=O) groups is 3. The number of amides is 2. The van der Waals surface area contributed by atoms with Crippen LogP contribution in [0.5, 0.6) is 17.2 Å². The van der Waals surface area contributed by atoms with Gasteiger partial charge in [-0.2, -0.15) is 0 Å². The zero-order valence-corrected chi connectivity index (χ0v) is 24.9. The summed E-state index contributed by atoms with van der Waals surface area (Å²) in [6.45, 7) is 12.1. The van der Waals surface area contributed by atoms with Crippen LogP contribution in [0.15, 0.2) is 54.0 Å². The molecule has 0 spiro atoms. The molecule has 2 amide bonds. The highest BCUT2D eigenvalue weighted by atomic mass is 32.2. The number of carboxylic acids is 1. The molecule has 0 aliphatic carbocycles. The van der Waals surface area contributed by atoms with Gasteiger partial charge in [-0.3, -0.25) is 19.3 Å². The first kappa shape index (κ1) is 29.3. The van der Waals surface area contributed by atoms with E-state index in [1.165, 1.54) is 0 Å². The van der Waals surface area contributed by atoms with Gasteiger partial charge in [0.25, 0.3) is 11.1 Å². The van der Waals surface area contributed by atoms with Crippen molar-refractivity contribution in [1.82, 2.24) is 4.90 Å². The Kier molecular flexibility index (Phi) is 8.06. The smallest absolute Gasteiger partial charge is 0.323 e. The number of benzene rings is 3. The van der Waals surface area contributed by atoms with Crippen LogP contribution < -0.4 is 14.2 Å². The summed E-state index contributed by atoms with van der Waals surface area (Å²) in [6, 6.07) is 11.4. The average Bonchev–Trinajstić information content (AvgIpc) is 3.22. The fourth-order valence-electron chi connectivity index (χ4n) is 5.43. The molecule has 218 valence electrons. The Labute approximate surface area is 248 Å². The summed E-state index contributed by atoms with van der Waals surface area (Å²) in [6.07, 6.45) is 4.98. The molecular weight excluding hydrogens is 554 g/mol. The number of hydrogen-bond donors (Lipinski definition) is 1. The minimum atomic E-state index is -1.24. The molecular formula is C33H33NO7S. The van der Waals surface area contributed by atoms with E-state index < -0.39 is 29.3 Å². The van der Waals surface area contributed by atoms with Crippen molar-refractivity contribution in [1.29, 1.82) is 0 Å². The van der Waals surface area contributed by atoms with E-state index in [4.69, 9.17) is 19.3 Å². The van der Waals surface area contributed by atoms with Crippen molar-refractivity contribution in [3.8, 4) is 17.2 Å². The molecule has 5 rings (SSSR count). The van der Waals surface area contributed by atoms with Crippen LogP contribution in [0.4, 0.5) is 4.79 Å². The van der Waals surface area contributed by atoms with Crippen molar-refractivity contribution in [3.63, 3.8) is 0 Å². The lowest BCUT2D eigenvalue weighted by atomic mass is 9.87. The maximum Gasteiger partial charge on any atom is 0.323 e. The molecule has 3 aromatic carbocycles. The van der Waals surface area contributed by atoms with Gasteiger partial charge in [-0.05, 0) is 92.1 Å². The molecule has 1 N–H and O–H groups in total. The lowest BCUT2D eigenvalue weighted by Crippen LogP contribution is -2.42. The number of rotatable bonds is 9. The van der Waals surface area contributed by atoms with E-state index in [-0.39, 0.29) is 4.91 Å². The van der Waals surface area contributed by atoms with Gasteiger partial charge in [0.2, 0.25) is 0 Å². The molecule has 1 saturated heterocycles. The Balaban J connectivity index is 1.38. The van der Waals surface area contributed by atoms with Gasteiger partial charge in [0.15, 0.2) is 0 Å². The normalized spacial score (nSPS) is 19.1. The van der Waals surface area contributed by atoms with Crippen LogP contribution in [0.25, 0.3) is 16.8 Å². The summed E-state index contributed by atoms with van der Waals surface area (Å²) in [5.41, 5.74) is 4.55. The molecule has 1 unspecified atom stereocenters. The van der Waals surface area contributed by atoms with Crippen molar-refractivity contribution >= 4 is 45.7 Å². The van der Waals surface area contributed by atoms with E-state index in [2.05, 4.69) is 27.4 Å². The first-order chi connectivity index (χ1) is 20.0. The molecule has 0 aromatic heterocycles. The van der Waals surface area contributed by atoms with E-state index in [9.17, 15) is 14.4 Å². The van der Waals surface area contributed by atoms with Crippen molar-refractivity contribution in [2.75, 3.05) is 19.8 Å². The summed E-state index contributed by atoms with van der Waals surface area (Å²) in [4.78, 5) is 36.9. The minimum absolute atomic E-state index is 0.181. The number of nitrogens with zero attached hydrogens (tertiary/aromatic N) is 1. The molecule has 0 bridgehead atoms. The molecule has 1 atom stereocenters. The molecule has 8 nitrogen and oxygen atoms in total. The van der Waals surface area contributed by atoms with E-state index in [0.717, 1.165) is 79.6 Å². The fraction of sp³-hybridized carbons (Fsp3) is 0.303. The zero-order valence-electron chi connectivity index (χ0n) is 24.1. The molecule has 2 aliphatic rings. The van der Waals surface area contributed by atoms with Gasteiger partial charge in [-0.15, -0.1) is 0 Å². The number of ether oxygens (including phenoxy) is 3. The third kappa shape index (κ3) is 5.48. The minimum Gasteiger partial charge on any atom is -0.489 e. The van der Waals surface area contributed by atoms with Crippen molar-refractivity contribution in [2.45, 2.75) is 46.1 Å². The molecule has 9 heteroatoms. The standard InChI is InChI=1S/C33H33NO7S/c1-6-15-39-29-19(2)20(3)30-23(21(29)4)13-14-33(5,41-30)18-40-26-12-11-22(24-9-7-8-10-25(24)26)16-27-31(37)34(17-28(35)36)32(38)42-27/h6-12,16H,1,13-15,17-18H2,2-5H3,(H,35,36). The summed E-state index contributed by atoms with van der Waals surface area (Å²) >= 11 is 0.737. The summed E-state index contributed by atoms with van der Waals surface area (Å²) in [7, 11) is 0. The number of carboxylic acid groups (broad SMARTS) is 1. The SMILES string of the molecule is C=CCOc1c(C)c(C)c2c(c1C)CCC(C)(COc1ccc(C=C3SC(=O)N(CC(=O)O)C3=O)c3ccccc13)O2. The van der Waals surface area contributed by atoms with E-state index >= 15 is 0 Å². The maximum absolute atomic E-state index is 12.7. The van der Waals surface area contributed by atoms with Crippen LogP contribution in [-0.4, -0.2) is 52.5 Å². The van der Waals surface area contributed by atoms with Gasteiger partial charge in [0.1, 0.15) is 42.6 Å². The highest BCUT2D eigenvalue weighted by Gasteiger charge is 2.37. The van der Waals surface area contributed by atoms with Gasteiger partial charge in [-0.1, -0.05) is 43.0 Å². The van der Waals surface area contributed by atoms with Gasteiger partial charge in [-0.25, -0.2) is 0 Å². The number of imide groups is 1. The molecule has 2 aliphatic heterocycles. The predicted octanol–water partition coefficient (Wildman–Crippen LogP) is 6.61. The molecule has 0 saturated carbocycles. The first-order valence-electron chi connectivity index (χ1n) is 13.7. The first-order valence-corrected chi connectivity index (χ1v) is 14.5. The maximum atomic E-state index is 12.7. The second-order valence-electron chi connectivity index (χ2n) is 10.8. The topological polar surface area (TPSA) is 102 Å². The molecule has 1 fully saturated rings. The van der Waals surface area contributed by atoms with Gasteiger partial charge in [0, 0.05) is 10.9 Å². The number of hydrogen-bond acceptors (Lipinski definition) is 7. The van der Waals surface area contributed by atoms with Gasteiger partial charge >= 0.3 is 5.97 Å². The Morgan fingerprint density at radius 2 is 1.83 bits per heavy atom. The van der Waals surface area contributed by atoms with E-state index in [1.807, 2.05) is 43.3 Å². The predicted molar refractivity (Wildman–Crippen MR) is 163 cm³/mol. The number of thioether (sulfide) groups is 1. The fourth-order valence-corrected chi connectivity index (χ4v) is 6.26. The quantitative estimate of drug-likeness (QED) is 0.220. The lowest BCUT2D eigenvalue weighted by Gasteiger charge is -2.38. The van der Waals surface area contributed by atoms with Gasteiger partial charge in [0.05, 0.1) is 4.91 Å². The zero-order chi connectivity index (χ0) is 30.2. The molecule has 0 radical (unpaired) electrons. The van der Waals surface area contributed by atoms with Crippen LogP contribution in [0.1, 0.15) is 41.2 Å².